The van der Waals surface area contributed by atoms with Crippen molar-refractivity contribution in [3.8, 4) is 0 Å². The first-order valence-electron chi connectivity index (χ1n) is 5.35. The summed E-state index contributed by atoms with van der Waals surface area (Å²) >= 11 is 0. The van der Waals surface area contributed by atoms with Crippen LogP contribution in [0.1, 0.15) is 31.9 Å². The van der Waals surface area contributed by atoms with E-state index in [2.05, 4.69) is 4.40 Å². The largest absolute Gasteiger partial charge is 0.419 e. The molecule has 0 saturated heterocycles. The number of hydrogen-bond donors (Lipinski definition) is 0. The molecule has 0 radical (unpaired) electrons. The molecule has 0 aliphatic carbocycles. The molecule has 0 saturated carbocycles. The zero-order valence-corrected chi connectivity index (χ0v) is 11.4. The predicted octanol–water partition coefficient (Wildman–Crippen LogP) is 3.73. The molecular weight excluding hydrogens is 282 g/mol. The van der Waals surface area contributed by atoms with Gasteiger partial charge in [0.2, 0.25) is 0 Å². The molecule has 7 heteroatoms. The molecule has 0 N–H and O–H groups in total. The van der Waals surface area contributed by atoms with Gasteiger partial charge in [0, 0.05) is 11.8 Å². The number of nitrogens with zero attached hydrogens (tertiary/aromatic N) is 1. The molecule has 0 amide bonds. The van der Waals surface area contributed by atoms with Crippen molar-refractivity contribution in [2.24, 2.45) is 4.40 Å². The lowest BCUT2D eigenvalue weighted by molar-refractivity contribution is -0.140. The van der Waals surface area contributed by atoms with Crippen LogP contribution in [0.4, 0.5) is 17.6 Å². The smallest absolute Gasteiger partial charge is 0.234 e. The van der Waals surface area contributed by atoms with Crippen molar-refractivity contribution in [3.63, 3.8) is 0 Å². The molecule has 1 aromatic carbocycles. The SMILES string of the molecule is CC(C)(C)S(=O)N=Cc1cccc(C(F)(F)F)c1F. The van der Waals surface area contributed by atoms with E-state index in [4.69, 9.17) is 0 Å². The number of benzene rings is 1. The lowest BCUT2D eigenvalue weighted by Crippen LogP contribution is -2.19. The first kappa shape index (κ1) is 15.8. The summed E-state index contributed by atoms with van der Waals surface area (Å²) in [5, 5.41) is 0. The second-order valence-corrected chi connectivity index (χ2v) is 6.74. The van der Waals surface area contributed by atoms with E-state index < -0.39 is 33.3 Å². The van der Waals surface area contributed by atoms with Crippen LogP contribution in [0.25, 0.3) is 0 Å². The molecule has 0 aliphatic heterocycles. The predicted molar refractivity (Wildman–Crippen MR) is 66.9 cm³/mol. The Morgan fingerprint density at radius 1 is 1.21 bits per heavy atom. The standard InChI is InChI=1S/C12H13F4NOS/c1-11(2,3)19(18)17-7-8-5-4-6-9(10(8)13)12(14,15)16/h4-7H,1-3H3. The van der Waals surface area contributed by atoms with Crippen LogP contribution in [0.3, 0.4) is 0 Å². The summed E-state index contributed by atoms with van der Waals surface area (Å²) in [7, 11) is -1.65. The molecule has 0 spiro atoms. The van der Waals surface area contributed by atoms with Gasteiger partial charge in [0.25, 0.3) is 0 Å². The zero-order valence-electron chi connectivity index (χ0n) is 10.6. The second-order valence-electron chi connectivity index (χ2n) is 4.80. The van der Waals surface area contributed by atoms with Gasteiger partial charge < -0.3 is 0 Å². The fourth-order valence-corrected chi connectivity index (χ4v) is 1.66. The van der Waals surface area contributed by atoms with Crippen molar-refractivity contribution in [2.75, 3.05) is 0 Å². The Morgan fingerprint density at radius 2 is 1.79 bits per heavy atom. The van der Waals surface area contributed by atoms with E-state index >= 15 is 0 Å². The summed E-state index contributed by atoms with van der Waals surface area (Å²) in [6, 6.07) is 2.87. The monoisotopic (exact) mass is 295 g/mol. The average Bonchev–Trinajstić information content (AvgIpc) is 2.24. The third kappa shape index (κ3) is 4.12. The first-order chi connectivity index (χ1) is 8.53. The van der Waals surface area contributed by atoms with E-state index in [1.54, 1.807) is 20.8 Å². The molecular formula is C12H13F4NOS. The molecule has 1 aromatic rings. The minimum Gasteiger partial charge on any atom is -0.234 e. The van der Waals surface area contributed by atoms with Crippen molar-refractivity contribution in [1.29, 1.82) is 0 Å². The molecule has 2 nitrogen and oxygen atoms in total. The van der Waals surface area contributed by atoms with E-state index in [0.29, 0.717) is 6.07 Å². The van der Waals surface area contributed by atoms with Crippen molar-refractivity contribution < 1.29 is 21.8 Å². The molecule has 106 valence electrons. The number of rotatable bonds is 2. The van der Waals surface area contributed by atoms with Gasteiger partial charge >= 0.3 is 6.18 Å². The van der Waals surface area contributed by atoms with Gasteiger partial charge in [-0.1, -0.05) is 12.1 Å². The van der Waals surface area contributed by atoms with E-state index in [-0.39, 0.29) is 5.56 Å². The topological polar surface area (TPSA) is 29.4 Å². The number of alkyl halides is 3. The molecule has 0 aromatic heterocycles. The van der Waals surface area contributed by atoms with E-state index in [0.717, 1.165) is 18.3 Å². The normalized spacial score (nSPS) is 14.9. The van der Waals surface area contributed by atoms with Crippen LogP contribution in [0.5, 0.6) is 0 Å². The Labute approximate surface area is 111 Å². The highest BCUT2D eigenvalue weighted by molar-refractivity contribution is 7.85. The summed E-state index contributed by atoms with van der Waals surface area (Å²) < 4.78 is 65.6. The van der Waals surface area contributed by atoms with Crippen molar-refractivity contribution in [2.45, 2.75) is 31.7 Å². The molecule has 0 aliphatic rings. The highest BCUT2D eigenvalue weighted by Crippen LogP contribution is 2.32. The Hall–Kier alpha value is -1.24. The third-order valence-electron chi connectivity index (χ3n) is 2.15. The molecule has 19 heavy (non-hydrogen) atoms. The summed E-state index contributed by atoms with van der Waals surface area (Å²) in [6.07, 6.45) is -3.90. The highest BCUT2D eigenvalue weighted by Gasteiger charge is 2.34. The van der Waals surface area contributed by atoms with Crippen molar-refractivity contribution >= 4 is 17.2 Å². The summed E-state index contributed by atoms with van der Waals surface area (Å²) in [6.45, 7) is 4.97. The van der Waals surface area contributed by atoms with Crippen molar-refractivity contribution in [1.82, 2.24) is 0 Å². The molecule has 0 fully saturated rings. The second kappa shape index (κ2) is 5.40. The molecule has 1 atom stereocenters. The average molecular weight is 295 g/mol. The Kier molecular flexibility index (Phi) is 4.50. The van der Waals surface area contributed by atoms with Crippen LogP contribution in [0, 0.1) is 5.82 Å². The van der Waals surface area contributed by atoms with Crippen molar-refractivity contribution in [3.05, 3.63) is 35.1 Å². The lowest BCUT2D eigenvalue weighted by atomic mass is 10.1. The van der Waals surface area contributed by atoms with Gasteiger partial charge in [-0.05, 0) is 26.8 Å². The van der Waals surface area contributed by atoms with Crippen LogP contribution in [-0.2, 0) is 17.2 Å². The quantitative estimate of drug-likeness (QED) is 0.604. The van der Waals surface area contributed by atoms with Gasteiger partial charge in [-0.2, -0.15) is 17.6 Å². The van der Waals surface area contributed by atoms with E-state index in [9.17, 15) is 21.8 Å². The molecule has 0 heterocycles. The van der Waals surface area contributed by atoms with Crippen LogP contribution >= 0.6 is 0 Å². The highest BCUT2D eigenvalue weighted by atomic mass is 32.2. The lowest BCUT2D eigenvalue weighted by Gasteiger charge is -2.13. The van der Waals surface area contributed by atoms with Crippen LogP contribution < -0.4 is 0 Å². The van der Waals surface area contributed by atoms with Gasteiger partial charge in [-0.3, -0.25) is 0 Å². The first-order valence-corrected chi connectivity index (χ1v) is 6.46. The van der Waals surface area contributed by atoms with Gasteiger partial charge in [0.05, 0.1) is 10.3 Å². The molecule has 1 unspecified atom stereocenters. The van der Waals surface area contributed by atoms with Crippen LogP contribution in [0.2, 0.25) is 0 Å². The van der Waals surface area contributed by atoms with Crippen LogP contribution in [-0.4, -0.2) is 15.2 Å². The van der Waals surface area contributed by atoms with Gasteiger partial charge in [0.15, 0.2) is 0 Å². The molecule has 1 rings (SSSR count). The van der Waals surface area contributed by atoms with Gasteiger partial charge in [-0.25, -0.2) is 8.60 Å². The maximum atomic E-state index is 13.6. The summed E-state index contributed by atoms with van der Waals surface area (Å²) in [4.78, 5) is 0. The minimum atomic E-state index is -4.77. The van der Waals surface area contributed by atoms with Gasteiger partial charge in [0.1, 0.15) is 16.8 Å². The fraction of sp³-hybridized carbons (Fsp3) is 0.417. The molecule has 0 bridgehead atoms. The summed E-state index contributed by atoms with van der Waals surface area (Å²) in [5.74, 6) is -1.41. The number of halogens is 4. The third-order valence-corrected chi connectivity index (χ3v) is 3.49. The Morgan fingerprint density at radius 3 is 2.26 bits per heavy atom. The van der Waals surface area contributed by atoms with E-state index in [1.807, 2.05) is 0 Å². The fourth-order valence-electron chi connectivity index (χ4n) is 1.13. The maximum Gasteiger partial charge on any atom is 0.419 e. The van der Waals surface area contributed by atoms with E-state index in [1.165, 1.54) is 0 Å². The zero-order chi connectivity index (χ0) is 14.8. The Bertz CT molecular complexity index is 517. The van der Waals surface area contributed by atoms with Gasteiger partial charge in [-0.15, -0.1) is 0 Å². The summed E-state index contributed by atoms with van der Waals surface area (Å²) in [5.41, 5.74) is -1.70. The number of hydrogen-bond acceptors (Lipinski definition) is 1. The van der Waals surface area contributed by atoms with Crippen LogP contribution in [0.15, 0.2) is 22.6 Å². The maximum absolute atomic E-state index is 13.6. The minimum absolute atomic E-state index is 0.340. The Balaban J connectivity index is 3.11.